The molecule has 3 rings (SSSR count). The maximum absolute atomic E-state index is 12.5. The molecule has 2 amide bonds. The molecule has 2 N–H and O–H groups in total. The van der Waals surface area contributed by atoms with Crippen molar-refractivity contribution < 1.29 is 14.7 Å². The number of aliphatic hydroxyl groups excluding tert-OH is 1. The van der Waals surface area contributed by atoms with E-state index in [-0.39, 0.29) is 24.3 Å². The predicted molar refractivity (Wildman–Crippen MR) is 119 cm³/mol. The third kappa shape index (κ3) is 6.33. The van der Waals surface area contributed by atoms with Crippen LogP contribution in [-0.4, -0.2) is 41.5 Å². The van der Waals surface area contributed by atoms with Crippen molar-refractivity contribution in [2.75, 3.05) is 19.6 Å². The first kappa shape index (κ1) is 22.3. The number of carbonyl (C=O) groups is 2. The molecule has 0 aliphatic carbocycles. The zero-order valence-corrected chi connectivity index (χ0v) is 17.9. The lowest BCUT2D eigenvalue weighted by atomic mass is 9.95. The van der Waals surface area contributed by atoms with Gasteiger partial charge in [0.25, 0.3) is 0 Å². The maximum Gasteiger partial charge on any atom is 0.246 e. The number of likely N-dealkylation sites (tertiary alicyclic amines) is 1. The van der Waals surface area contributed by atoms with E-state index < -0.39 is 6.10 Å². The molecule has 1 saturated heterocycles. The van der Waals surface area contributed by atoms with Crippen molar-refractivity contribution in [3.63, 3.8) is 0 Å². The van der Waals surface area contributed by atoms with E-state index in [4.69, 9.17) is 23.2 Å². The number of benzene rings is 2. The van der Waals surface area contributed by atoms with Crippen molar-refractivity contribution in [1.29, 1.82) is 0 Å². The summed E-state index contributed by atoms with van der Waals surface area (Å²) in [7, 11) is 0. The molecule has 1 aliphatic rings. The van der Waals surface area contributed by atoms with Crippen LogP contribution in [0, 0.1) is 5.92 Å². The summed E-state index contributed by atoms with van der Waals surface area (Å²) in [5.74, 6) is -0.345. The molecule has 0 radical (unpaired) electrons. The molecule has 1 atom stereocenters. The summed E-state index contributed by atoms with van der Waals surface area (Å²) in [5, 5.41) is 13.9. The smallest absolute Gasteiger partial charge is 0.246 e. The second-order valence-electron chi connectivity index (χ2n) is 7.31. The Hall–Kier alpha value is -2.34. The Labute approximate surface area is 186 Å². The quantitative estimate of drug-likeness (QED) is 0.656. The van der Waals surface area contributed by atoms with Crippen LogP contribution in [0.3, 0.4) is 0 Å². The standard InChI is InChI=1S/C23H24Cl2N2O3/c24-19-12-18(13-20(25)14-19)21(28)15-26-23(30)17-8-10-27(11-9-17)22(29)7-6-16-4-2-1-3-5-16/h1-7,12-14,17,21,28H,8-11,15H2,(H,26,30)/b7-6+. The summed E-state index contributed by atoms with van der Waals surface area (Å²) < 4.78 is 0. The van der Waals surface area contributed by atoms with E-state index in [1.54, 1.807) is 35.3 Å². The van der Waals surface area contributed by atoms with Gasteiger partial charge in [-0.3, -0.25) is 9.59 Å². The number of carbonyl (C=O) groups excluding carboxylic acids is 2. The molecule has 1 fully saturated rings. The van der Waals surface area contributed by atoms with Crippen LogP contribution in [0.1, 0.15) is 30.1 Å². The van der Waals surface area contributed by atoms with Gasteiger partial charge in [0, 0.05) is 41.7 Å². The van der Waals surface area contributed by atoms with E-state index >= 15 is 0 Å². The van der Waals surface area contributed by atoms with Gasteiger partial charge in [-0.15, -0.1) is 0 Å². The van der Waals surface area contributed by atoms with E-state index in [0.717, 1.165) is 5.56 Å². The zero-order valence-electron chi connectivity index (χ0n) is 16.4. The first-order chi connectivity index (χ1) is 14.4. The van der Waals surface area contributed by atoms with E-state index in [0.29, 0.717) is 41.5 Å². The third-order valence-electron chi connectivity index (χ3n) is 5.13. The van der Waals surface area contributed by atoms with Gasteiger partial charge in [-0.2, -0.15) is 0 Å². The fraction of sp³-hybridized carbons (Fsp3) is 0.304. The minimum absolute atomic E-state index is 0.0500. The fourth-order valence-electron chi connectivity index (χ4n) is 3.43. The molecule has 30 heavy (non-hydrogen) atoms. The average Bonchev–Trinajstić information content (AvgIpc) is 2.75. The van der Waals surface area contributed by atoms with E-state index in [2.05, 4.69) is 5.32 Å². The van der Waals surface area contributed by atoms with E-state index in [1.807, 2.05) is 30.3 Å². The minimum Gasteiger partial charge on any atom is -0.387 e. The lowest BCUT2D eigenvalue weighted by Crippen LogP contribution is -2.43. The van der Waals surface area contributed by atoms with Crippen LogP contribution in [0.25, 0.3) is 6.08 Å². The number of hydrogen-bond acceptors (Lipinski definition) is 3. The summed E-state index contributed by atoms with van der Waals surface area (Å²) in [4.78, 5) is 26.6. The first-order valence-electron chi connectivity index (χ1n) is 9.86. The van der Waals surface area contributed by atoms with E-state index in [1.165, 1.54) is 0 Å². The highest BCUT2D eigenvalue weighted by atomic mass is 35.5. The second-order valence-corrected chi connectivity index (χ2v) is 8.18. The minimum atomic E-state index is -0.894. The summed E-state index contributed by atoms with van der Waals surface area (Å²) in [5.41, 5.74) is 1.53. The van der Waals surface area contributed by atoms with Gasteiger partial charge in [0.15, 0.2) is 0 Å². The number of amides is 2. The Balaban J connectivity index is 1.44. The lowest BCUT2D eigenvalue weighted by Gasteiger charge is -2.30. The molecule has 0 spiro atoms. The summed E-state index contributed by atoms with van der Waals surface area (Å²) in [6.45, 7) is 1.14. The van der Waals surface area contributed by atoms with Crippen LogP contribution in [0.15, 0.2) is 54.6 Å². The first-order valence-corrected chi connectivity index (χ1v) is 10.6. The van der Waals surface area contributed by atoms with Crippen molar-refractivity contribution in [2.24, 2.45) is 5.92 Å². The summed E-state index contributed by atoms with van der Waals surface area (Å²) in [6.07, 6.45) is 3.66. The van der Waals surface area contributed by atoms with Gasteiger partial charge < -0.3 is 15.3 Å². The number of aliphatic hydroxyl groups is 1. The normalized spacial score (nSPS) is 15.9. The van der Waals surface area contributed by atoms with Gasteiger partial charge in [-0.25, -0.2) is 0 Å². The topological polar surface area (TPSA) is 69.6 Å². The number of nitrogens with zero attached hydrogens (tertiary/aromatic N) is 1. The molecule has 2 aromatic carbocycles. The summed E-state index contributed by atoms with van der Waals surface area (Å²) >= 11 is 11.9. The van der Waals surface area contributed by atoms with Gasteiger partial charge in [-0.1, -0.05) is 53.5 Å². The molecule has 1 aliphatic heterocycles. The SMILES string of the molecule is O=C(NCC(O)c1cc(Cl)cc(Cl)c1)C1CCN(C(=O)/C=C/c2ccccc2)CC1. The third-order valence-corrected chi connectivity index (χ3v) is 5.57. The van der Waals surface area contributed by atoms with Crippen molar-refractivity contribution in [3.8, 4) is 0 Å². The molecule has 2 aromatic rings. The van der Waals surface area contributed by atoms with Gasteiger partial charge in [0.2, 0.25) is 11.8 Å². The predicted octanol–water partition coefficient (Wildman–Crippen LogP) is 4.10. The van der Waals surface area contributed by atoms with Gasteiger partial charge in [0.05, 0.1) is 6.10 Å². The molecule has 5 nitrogen and oxygen atoms in total. The Morgan fingerprint density at radius 1 is 1.10 bits per heavy atom. The molecule has 7 heteroatoms. The van der Waals surface area contributed by atoms with Crippen molar-refractivity contribution in [1.82, 2.24) is 10.2 Å². The van der Waals surface area contributed by atoms with Crippen LogP contribution in [0.4, 0.5) is 0 Å². The molecule has 0 saturated carbocycles. The average molecular weight is 447 g/mol. The summed E-state index contributed by atoms with van der Waals surface area (Å²) in [6, 6.07) is 14.5. The Morgan fingerprint density at radius 2 is 1.73 bits per heavy atom. The second kappa shape index (κ2) is 10.6. The highest BCUT2D eigenvalue weighted by molar-refractivity contribution is 6.34. The molecule has 1 unspecified atom stereocenters. The van der Waals surface area contributed by atoms with Crippen molar-refractivity contribution in [2.45, 2.75) is 18.9 Å². The van der Waals surface area contributed by atoms with Crippen LogP contribution in [0.2, 0.25) is 10.0 Å². The number of nitrogens with one attached hydrogen (secondary N) is 1. The van der Waals surface area contributed by atoms with Crippen molar-refractivity contribution in [3.05, 3.63) is 75.8 Å². The van der Waals surface area contributed by atoms with E-state index in [9.17, 15) is 14.7 Å². The monoisotopic (exact) mass is 446 g/mol. The highest BCUT2D eigenvalue weighted by Crippen LogP contribution is 2.24. The zero-order chi connectivity index (χ0) is 21.5. The van der Waals surface area contributed by atoms with Crippen LogP contribution in [0.5, 0.6) is 0 Å². The lowest BCUT2D eigenvalue weighted by molar-refractivity contribution is -0.132. The van der Waals surface area contributed by atoms with Crippen LogP contribution in [-0.2, 0) is 9.59 Å². The largest absolute Gasteiger partial charge is 0.387 e. The Kier molecular flexibility index (Phi) is 7.91. The molecular weight excluding hydrogens is 423 g/mol. The van der Waals surface area contributed by atoms with Gasteiger partial charge in [0.1, 0.15) is 0 Å². The molecule has 1 heterocycles. The van der Waals surface area contributed by atoms with Gasteiger partial charge in [-0.05, 0) is 48.2 Å². The molecule has 158 valence electrons. The number of piperidine rings is 1. The Bertz CT molecular complexity index is 890. The van der Waals surface area contributed by atoms with Crippen LogP contribution >= 0.6 is 23.2 Å². The number of rotatable bonds is 6. The highest BCUT2D eigenvalue weighted by Gasteiger charge is 2.26. The number of hydrogen-bond donors (Lipinski definition) is 2. The number of halogens is 2. The maximum atomic E-state index is 12.5. The Morgan fingerprint density at radius 3 is 2.37 bits per heavy atom. The molecule has 0 aromatic heterocycles. The van der Waals surface area contributed by atoms with Gasteiger partial charge >= 0.3 is 0 Å². The van der Waals surface area contributed by atoms with Crippen LogP contribution < -0.4 is 5.32 Å². The van der Waals surface area contributed by atoms with Crippen molar-refractivity contribution >= 4 is 41.1 Å². The fourth-order valence-corrected chi connectivity index (χ4v) is 3.97. The molecule has 0 bridgehead atoms. The molecular formula is C23H24Cl2N2O3.